The summed E-state index contributed by atoms with van der Waals surface area (Å²) in [5.74, 6) is -2.84. The van der Waals surface area contributed by atoms with Crippen LogP contribution in [0.2, 0.25) is 0 Å². The Morgan fingerprint density at radius 1 is 1.23 bits per heavy atom. The minimum atomic E-state index is -4.46. The first kappa shape index (κ1) is 16.8. The van der Waals surface area contributed by atoms with Crippen LogP contribution in [0.1, 0.15) is 28.3 Å². The number of sulfonamides is 1. The summed E-state index contributed by atoms with van der Waals surface area (Å²) in [6.45, 7) is 0.376. The van der Waals surface area contributed by atoms with Crippen molar-refractivity contribution in [2.45, 2.75) is 17.2 Å². The van der Waals surface area contributed by atoms with Gasteiger partial charge in [0.2, 0.25) is 0 Å². The van der Waals surface area contributed by atoms with Crippen molar-refractivity contribution in [2.24, 2.45) is 5.92 Å². The highest BCUT2D eigenvalue weighted by Crippen LogP contribution is 2.55. The molecule has 0 bridgehead atoms. The third kappa shape index (κ3) is 2.68. The van der Waals surface area contributed by atoms with Crippen LogP contribution >= 0.6 is 0 Å². The van der Waals surface area contributed by atoms with Crippen LogP contribution in [-0.4, -0.2) is 26.1 Å². The molecule has 1 aliphatic heterocycles. The number of nitrogens with one attached hydrogen (secondary N) is 1. The van der Waals surface area contributed by atoms with Crippen molar-refractivity contribution in [2.75, 3.05) is 11.3 Å². The summed E-state index contributed by atoms with van der Waals surface area (Å²) in [4.78, 5) is 10.9. The van der Waals surface area contributed by atoms with Crippen LogP contribution in [-0.2, 0) is 10.0 Å². The summed E-state index contributed by atoms with van der Waals surface area (Å²) in [5.41, 5.74) is 0.174. The number of carbonyl (C=O) groups is 1. The van der Waals surface area contributed by atoms with Crippen molar-refractivity contribution < 1.29 is 31.8 Å². The Bertz CT molecular complexity index is 1040. The Morgan fingerprint density at radius 3 is 2.69 bits per heavy atom. The van der Waals surface area contributed by atoms with Crippen LogP contribution in [0.4, 0.5) is 14.5 Å². The van der Waals surface area contributed by atoms with Gasteiger partial charge in [-0.3, -0.25) is 4.72 Å². The van der Waals surface area contributed by atoms with Crippen molar-refractivity contribution in [1.29, 1.82) is 0 Å². The molecule has 2 aromatic rings. The predicted octanol–water partition coefficient (Wildman–Crippen LogP) is 2.96. The quantitative estimate of drug-likeness (QED) is 0.849. The molecule has 1 fully saturated rings. The molecule has 1 aliphatic carbocycles. The van der Waals surface area contributed by atoms with Gasteiger partial charge in [-0.2, -0.15) is 0 Å². The number of hydrogen-bond donors (Lipinski definition) is 2. The number of aromatic carboxylic acids is 1. The predicted molar refractivity (Wildman–Crippen MR) is 86.9 cm³/mol. The van der Waals surface area contributed by atoms with Gasteiger partial charge in [-0.15, -0.1) is 0 Å². The summed E-state index contributed by atoms with van der Waals surface area (Å²) >= 11 is 0. The molecule has 0 amide bonds. The van der Waals surface area contributed by atoms with Crippen molar-refractivity contribution in [1.82, 2.24) is 0 Å². The number of carboxylic acids is 1. The highest BCUT2D eigenvalue weighted by atomic mass is 32.2. The highest BCUT2D eigenvalue weighted by molar-refractivity contribution is 7.92. The van der Waals surface area contributed by atoms with Gasteiger partial charge in [0.15, 0.2) is 0 Å². The number of rotatable bonds is 4. The molecule has 2 atom stereocenters. The number of halogens is 2. The average molecular weight is 381 g/mol. The molecule has 26 heavy (non-hydrogen) atoms. The summed E-state index contributed by atoms with van der Waals surface area (Å²) in [6, 6.07) is 4.96. The van der Waals surface area contributed by atoms with Crippen LogP contribution in [0, 0.1) is 17.6 Å². The van der Waals surface area contributed by atoms with E-state index in [4.69, 9.17) is 4.74 Å². The topological polar surface area (TPSA) is 92.7 Å². The third-order valence-corrected chi connectivity index (χ3v) is 5.99. The maximum Gasteiger partial charge on any atom is 0.341 e. The molecule has 0 spiro atoms. The first-order chi connectivity index (χ1) is 12.3. The molecule has 0 radical (unpaired) electrons. The fraction of sp³-hybridized carbons (Fsp3) is 0.235. The zero-order valence-electron chi connectivity index (χ0n) is 13.2. The summed E-state index contributed by atoms with van der Waals surface area (Å²) in [6.07, 6.45) is 0.901. The minimum Gasteiger partial charge on any atom is -0.492 e. The van der Waals surface area contributed by atoms with Gasteiger partial charge in [0.25, 0.3) is 10.0 Å². The summed E-state index contributed by atoms with van der Waals surface area (Å²) in [7, 11) is -4.46. The normalized spacial score (nSPS) is 20.5. The Labute approximate surface area is 147 Å². The first-order valence-electron chi connectivity index (χ1n) is 7.79. The second-order valence-electron chi connectivity index (χ2n) is 6.31. The van der Waals surface area contributed by atoms with E-state index in [-0.39, 0.29) is 22.9 Å². The van der Waals surface area contributed by atoms with Crippen LogP contribution in [0.5, 0.6) is 5.75 Å². The zero-order valence-corrected chi connectivity index (χ0v) is 14.0. The van der Waals surface area contributed by atoms with Crippen molar-refractivity contribution in [3.8, 4) is 5.75 Å². The van der Waals surface area contributed by atoms with Gasteiger partial charge in [-0.05, 0) is 36.1 Å². The Morgan fingerprint density at radius 2 is 2.00 bits per heavy atom. The van der Waals surface area contributed by atoms with Crippen LogP contribution in [0.15, 0.2) is 35.2 Å². The maximum atomic E-state index is 13.8. The minimum absolute atomic E-state index is 0.135. The van der Waals surface area contributed by atoms with E-state index >= 15 is 0 Å². The monoisotopic (exact) mass is 381 g/mol. The molecule has 2 unspecified atom stereocenters. The van der Waals surface area contributed by atoms with Crippen molar-refractivity contribution in [3.63, 3.8) is 0 Å². The molecule has 2 aromatic carbocycles. The molecule has 2 aliphatic rings. The van der Waals surface area contributed by atoms with Crippen LogP contribution in [0.3, 0.4) is 0 Å². The first-order valence-corrected chi connectivity index (χ1v) is 9.27. The highest BCUT2D eigenvalue weighted by Gasteiger charge is 2.45. The molecule has 9 heteroatoms. The van der Waals surface area contributed by atoms with Crippen molar-refractivity contribution >= 4 is 21.7 Å². The number of hydrogen-bond acceptors (Lipinski definition) is 4. The molecule has 136 valence electrons. The molecular weight excluding hydrogens is 368 g/mol. The fourth-order valence-electron chi connectivity index (χ4n) is 3.24. The molecule has 1 saturated carbocycles. The number of benzene rings is 2. The molecule has 1 heterocycles. The number of anilines is 1. The van der Waals surface area contributed by atoms with Gasteiger partial charge in [0.05, 0.1) is 12.3 Å². The standard InChI is InChI=1S/C17H13F2NO5S/c18-9-1-4-14(12(19)6-9)26(23,24)20-13-3-2-10-11-5-8(11)7-25-16(10)15(13)17(21)22/h1-4,6,8,11,20H,5,7H2,(H,21,22). The third-order valence-electron chi connectivity index (χ3n) is 4.59. The van der Waals surface area contributed by atoms with Crippen LogP contribution in [0.25, 0.3) is 0 Å². The Balaban J connectivity index is 1.77. The lowest BCUT2D eigenvalue weighted by Crippen LogP contribution is -2.19. The van der Waals surface area contributed by atoms with E-state index in [1.165, 1.54) is 6.07 Å². The van der Waals surface area contributed by atoms with E-state index in [0.29, 0.717) is 18.6 Å². The molecule has 4 rings (SSSR count). The summed E-state index contributed by atoms with van der Waals surface area (Å²) in [5, 5.41) is 9.54. The van der Waals surface area contributed by atoms with Gasteiger partial charge in [0, 0.05) is 12.0 Å². The second kappa shape index (κ2) is 5.66. The summed E-state index contributed by atoms with van der Waals surface area (Å²) < 4.78 is 59.3. The van der Waals surface area contributed by atoms with Gasteiger partial charge in [0.1, 0.15) is 27.8 Å². The van der Waals surface area contributed by atoms with Gasteiger partial charge < -0.3 is 9.84 Å². The SMILES string of the molecule is O=C(O)c1c(NS(=O)(=O)c2ccc(F)cc2F)ccc2c1OCC1CC21. The zero-order chi connectivity index (χ0) is 18.6. The van der Waals surface area contributed by atoms with Gasteiger partial charge >= 0.3 is 5.97 Å². The Kier molecular flexibility index (Phi) is 3.65. The van der Waals surface area contributed by atoms with Crippen molar-refractivity contribution in [3.05, 3.63) is 53.1 Å². The molecule has 0 aromatic heterocycles. The maximum absolute atomic E-state index is 13.8. The van der Waals surface area contributed by atoms with E-state index in [2.05, 4.69) is 4.72 Å². The number of ether oxygens (including phenoxy) is 1. The molecule has 2 N–H and O–H groups in total. The van der Waals surface area contributed by atoms with Gasteiger partial charge in [-0.25, -0.2) is 22.0 Å². The van der Waals surface area contributed by atoms with Crippen LogP contribution < -0.4 is 9.46 Å². The van der Waals surface area contributed by atoms with E-state index in [1.807, 2.05) is 0 Å². The largest absolute Gasteiger partial charge is 0.492 e. The lowest BCUT2D eigenvalue weighted by molar-refractivity contribution is 0.0692. The molecule has 0 saturated heterocycles. The van der Waals surface area contributed by atoms with E-state index in [1.54, 1.807) is 6.07 Å². The number of fused-ring (bicyclic) bond motifs is 3. The smallest absolute Gasteiger partial charge is 0.341 e. The molecular formula is C17H13F2NO5S. The van der Waals surface area contributed by atoms with E-state index in [0.717, 1.165) is 24.1 Å². The Hall–Kier alpha value is -2.68. The lowest BCUT2D eigenvalue weighted by Gasteiger charge is -2.21. The van der Waals surface area contributed by atoms with Gasteiger partial charge in [-0.1, -0.05) is 6.07 Å². The fourth-order valence-corrected chi connectivity index (χ4v) is 4.37. The second-order valence-corrected chi connectivity index (χ2v) is 7.96. The number of carboxylic acid groups (broad SMARTS) is 1. The lowest BCUT2D eigenvalue weighted by atomic mass is 10.0. The average Bonchev–Trinajstić information content (AvgIpc) is 3.33. The van der Waals surface area contributed by atoms with E-state index < -0.39 is 32.5 Å². The van der Waals surface area contributed by atoms with E-state index in [9.17, 15) is 27.1 Å². The molecule has 6 nitrogen and oxygen atoms in total.